The van der Waals surface area contributed by atoms with Gasteiger partial charge in [-0.3, -0.25) is 9.36 Å². The molecule has 3 heterocycles. The summed E-state index contributed by atoms with van der Waals surface area (Å²) in [6.45, 7) is 1.01. The molecule has 0 radical (unpaired) electrons. The number of aromatic nitrogens is 2. The number of nitrogens with zero attached hydrogens (tertiary/aromatic N) is 2. The van der Waals surface area contributed by atoms with E-state index in [1.165, 1.54) is 37.1 Å². The van der Waals surface area contributed by atoms with Crippen LogP contribution in [0.3, 0.4) is 0 Å². The van der Waals surface area contributed by atoms with Gasteiger partial charge in [0.2, 0.25) is 0 Å². The second-order valence-corrected chi connectivity index (χ2v) is 9.17. The molecule has 1 unspecified atom stereocenters. The molecule has 1 atom stereocenters. The van der Waals surface area contributed by atoms with Crippen molar-refractivity contribution < 1.29 is 23.8 Å². The standard InChI is InChI=1S/C25H22N2O7S/c1-32-24(31)14-4-6-19-20(9-14)26-25(27(23(19)30)12-17-3-2-8-33-17)35-13-15-10-22(29)34-21-11-16(28)5-7-18(15)21/h4-7,9-11,17,28H,2-3,8,12-13H2,1H3. The lowest BCUT2D eigenvalue weighted by Gasteiger charge is -2.17. The topological polar surface area (TPSA) is 121 Å². The van der Waals surface area contributed by atoms with E-state index < -0.39 is 11.6 Å². The van der Waals surface area contributed by atoms with Crippen molar-refractivity contribution in [3.05, 3.63) is 74.4 Å². The van der Waals surface area contributed by atoms with Crippen LogP contribution in [0.5, 0.6) is 5.75 Å². The smallest absolute Gasteiger partial charge is 0.337 e. The summed E-state index contributed by atoms with van der Waals surface area (Å²) < 4.78 is 17.4. The van der Waals surface area contributed by atoms with Gasteiger partial charge in [-0.1, -0.05) is 11.8 Å². The Labute approximate surface area is 203 Å². The molecule has 1 saturated heterocycles. The maximum absolute atomic E-state index is 13.4. The number of rotatable bonds is 6. The number of fused-ring (bicyclic) bond motifs is 2. The number of ether oxygens (including phenoxy) is 2. The Balaban J connectivity index is 1.58. The number of hydrogen-bond acceptors (Lipinski definition) is 9. The molecule has 2 aromatic carbocycles. The zero-order chi connectivity index (χ0) is 24.5. The Morgan fingerprint density at radius 3 is 2.80 bits per heavy atom. The lowest BCUT2D eigenvalue weighted by atomic mass is 10.1. The zero-order valence-electron chi connectivity index (χ0n) is 18.9. The van der Waals surface area contributed by atoms with Crippen molar-refractivity contribution >= 4 is 39.6 Å². The number of carbonyl (C=O) groups is 1. The SMILES string of the molecule is COC(=O)c1ccc2c(=O)n(CC3CCCO3)c(SCc3cc(=O)oc4cc(O)ccc34)nc2c1. The summed E-state index contributed by atoms with van der Waals surface area (Å²) in [7, 11) is 1.29. The molecule has 4 aromatic rings. The molecule has 0 aliphatic carbocycles. The predicted octanol–water partition coefficient (Wildman–Crippen LogP) is 3.47. The Hall–Kier alpha value is -3.63. The molecular weight excluding hydrogens is 472 g/mol. The number of methoxy groups -OCH3 is 1. The van der Waals surface area contributed by atoms with Crippen LogP contribution < -0.4 is 11.2 Å². The maximum Gasteiger partial charge on any atom is 0.337 e. The van der Waals surface area contributed by atoms with Gasteiger partial charge in [-0.2, -0.15) is 0 Å². The van der Waals surface area contributed by atoms with E-state index in [1.54, 1.807) is 28.8 Å². The molecule has 1 aliphatic heterocycles. The van der Waals surface area contributed by atoms with E-state index in [2.05, 4.69) is 0 Å². The number of thioether (sulfide) groups is 1. The first-order valence-corrected chi connectivity index (χ1v) is 12.0. The van der Waals surface area contributed by atoms with Crippen LogP contribution in [0.4, 0.5) is 0 Å². The normalized spacial score (nSPS) is 15.6. The van der Waals surface area contributed by atoms with Crippen molar-refractivity contribution in [2.24, 2.45) is 0 Å². The van der Waals surface area contributed by atoms with Crippen molar-refractivity contribution in [1.82, 2.24) is 9.55 Å². The fraction of sp³-hybridized carbons (Fsp3) is 0.280. The molecule has 9 nitrogen and oxygen atoms in total. The van der Waals surface area contributed by atoms with Crippen LogP contribution in [-0.4, -0.2) is 40.4 Å². The highest BCUT2D eigenvalue weighted by Gasteiger charge is 2.21. The van der Waals surface area contributed by atoms with Crippen molar-refractivity contribution in [2.75, 3.05) is 13.7 Å². The van der Waals surface area contributed by atoms with Crippen LogP contribution in [0.15, 0.2) is 61.6 Å². The number of aromatic hydroxyl groups is 1. The van der Waals surface area contributed by atoms with Gasteiger partial charge in [-0.15, -0.1) is 0 Å². The third-order valence-electron chi connectivity index (χ3n) is 5.92. The monoisotopic (exact) mass is 494 g/mol. The van der Waals surface area contributed by atoms with Crippen molar-refractivity contribution in [2.45, 2.75) is 36.4 Å². The van der Waals surface area contributed by atoms with Crippen LogP contribution >= 0.6 is 11.8 Å². The van der Waals surface area contributed by atoms with E-state index in [9.17, 15) is 19.5 Å². The van der Waals surface area contributed by atoms with Gasteiger partial charge in [0.25, 0.3) is 5.56 Å². The molecular formula is C25H22N2O7S. The first-order chi connectivity index (χ1) is 16.9. The Kier molecular flexibility index (Phi) is 6.31. The number of phenolic OH excluding ortho intramolecular Hbond substituents is 1. The maximum atomic E-state index is 13.4. The molecule has 0 bridgehead atoms. The van der Waals surface area contributed by atoms with Gasteiger partial charge in [-0.25, -0.2) is 14.6 Å². The van der Waals surface area contributed by atoms with Gasteiger partial charge in [0.05, 0.1) is 36.2 Å². The van der Waals surface area contributed by atoms with Crippen molar-refractivity contribution in [1.29, 1.82) is 0 Å². The van der Waals surface area contributed by atoms with Crippen LogP contribution in [0.2, 0.25) is 0 Å². The third kappa shape index (κ3) is 4.67. The minimum absolute atomic E-state index is 0.00605. The minimum Gasteiger partial charge on any atom is -0.508 e. The molecule has 1 aliphatic rings. The average Bonchev–Trinajstić information content (AvgIpc) is 3.36. The van der Waals surface area contributed by atoms with Gasteiger partial charge >= 0.3 is 11.6 Å². The van der Waals surface area contributed by atoms with E-state index >= 15 is 0 Å². The summed E-state index contributed by atoms with van der Waals surface area (Å²) >= 11 is 1.30. The Bertz CT molecular complexity index is 1550. The average molecular weight is 495 g/mol. The first-order valence-electron chi connectivity index (χ1n) is 11.1. The van der Waals surface area contributed by atoms with E-state index in [4.69, 9.17) is 18.9 Å². The van der Waals surface area contributed by atoms with E-state index in [0.717, 1.165) is 12.8 Å². The lowest BCUT2D eigenvalue weighted by molar-refractivity contribution is 0.0601. The largest absolute Gasteiger partial charge is 0.508 e. The Morgan fingerprint density at radius 2 is 2.03 bits per heavy atom. The van der Waals surface area contributed by atoms with Crippen LogP contribution in [-0.2, 0) is 21.8 Å². The summed E-state index contributed by atoms with van der Waals surface area (Å²) in [6, 6.07) is 10.7. The summed E-state index contributed by atoms with van der Waals surface area (Å²) in [5, 5.41) is 11.3. The number of benzene rings is 2. The fourth-order valence-electron chi connectivity index (χ4n) is 4.19. The molecule has 180 valence electrons. The fourth-order valence-corrected chi connectivity index (χ4v) is 5.19. The Morgan fingerprint density at radius 1 is 1.20 bits per heavy atom. The highest BCUT2D eigenvalue weighted by atomic mass is 32.2. The molecule has 35 heavy (non-hydrogen) atoms. The van der Waals surface area contributed by atoms with Crippen LogP contribution in [0.1, 0.15) is 28.8 Å². The summed E-state index contributed by atoms with van der Waals surface area (Å²) in [5.41, 5.74) is 0.871. The predicted molar refractivity (Wildman–Crippen MR) is 130 cm³/mol. The molecule has 0 amide bonds. The number of phenols is 1. The molecule has 1 N–H and O–H groups in total. The molecule has 0 spiro atoms. The molecule has 0 saturated carbocycles. The quantitative estimate of drug-likeness (QED) is 0.186. The van der Waals surface area contributed by atoms with Crippen LogP contribution in [0, 0.1) is 0 Å². The highest BCUT2D eigenvalue weighted by molar-refractivity contribution is 7.98. The lowest BCUT2D eigenvalue weighted by Crippen LogP contribution is -2.29. The first kappa shape index (κ1) is 23.1. The van der Waals surface area contributed by atoms with Crippen LogP contribution in [0.25, 0.3) is 21.9 Å². The molecule has 10 heteroatoms. The van der Waals surface area contributed by atoms with Gasteiger partial charge in [-0.05, 0) is 48.7 Å². The summed E-state index contributed by atoms with van der Waals surface area (Å²) in [6.07, 6.45) is 1.70. The second-order valence-electron chi connectivity index (χ2n) is 8.23. The van der Waals surface area contributed by atoms with E-state index in [-0.39, 0.29) is 23.0 Å². The van der Waals surface area contributed by atoms with Gasteiger partial charge in [0.1, 0.15) is 11.3 Å². The zero-order valence-corrected chi connectivity index (χ0v) is 19.7. The highest BCUT2D eigenvalue weighted by Crippen LogP contribution is 2.28. The third-order valence-corrected chi connectivity index (χ3v) is 6.95. The molecule has 5 rings (SSSR count). The number of esters is 1. The second kappa shape index (κ2) is 9.55. The number of carbonyl (C=O) groups excluding carboxylic acids is 1. The van der Waals surface area contributed by atoms with Gasteiger partial charge < -0.3 is 19.0 Å². The van der Waals surface area contributed by atoms with Gasteiger partial charge in [0.15, 0.2) is 5.16 Å². The summed E-state index contributed by atoms with van der Waals surface area (Å²) in [5.74, 6) is -0.196. The summed E-state index contributed by atoms with van der Waals surface area (Å²) in [4.78, 5) is 42.3. The van der Waals surface area contributed by atoms with Gasteiger partial charge in [0, 0.05) is 29.9 Å². The molecule has 1 fully saturated rings. The van der Waals surface area contributed by atoms with Crippen molar-refractivity contribution in [3.8, 4) is 5.75 Å². The van der Waals surface area contributed by atoms with Crippen molar-refractivity contribution in [3.63, 3.8) is 0 Å². The van der Waals surface area contributed by atoms with E-state index in [0.29, 0.717) is 51.5 Å². The van der Waals surface area contributed by atoms with E-state index in [1.807, 2.05) is 0 Å². The number of hydrogen-bond donors (Lipinski definition) is 1. The minimum atomic E-state index is -0.537. The molecule has 2 aromatic heterocycles.